The van der Waals surface area contributed by atoms with Gasteiger partial charge in [0, 0.05) is 13.6 Å². The highest BCUT2D eigenvalue weighted by Crippen LogP contribution is 2.26. The number of halogens is 2. The molecule has 1 rings (SSSR count). The van der Waals surface area contributed by atoms with Crippen LogP contribution in [-0.2, 0) is 4.79 Å². The maximum atomic E-state index is 12.8. The van der Waals surface area contributed by atoms with E-state index in [0.717, 1.165) is 6.07 Å². The van der Waals surface area contributed by atoms with Crippen molar-refractivity contribution < 1.29 is 19.0 Å². The minimum Gasteiger partial charge on any atom is -0.479 e. The normalized spacial score (nSPS) is 12.1. The van der Waals surface area contributed by atoms with Crippen LogP contribution in [0.4, 0.5) is 4.39 Å². The molecule has 0 bridgehead atoms. The van der Waals surface area contributed by atoms with Crippen LogP contribution in [0.1, 0.15) is 6.92 Å². The molecule has 1 aromatic carbocycles. The van der Waals surface area contributed by atoms with Gasteiger partial charge in [-0.3, -0.25) is 4.79 Å². The van der Waals surface area contributed by atoms with Gasteiger partial charge in [0.05, 0.1) is 11.6 Å². The highest BCUT2D eigenvalue weighted by Gasteiger charge is 2.19. The number of benzene rings is 1. The van der Waals surface area contributed by atoms with Gasteiger partial charge in [0.15, 0.2) is 6.10 Å². The molecule has 0 spiro atoms. The van der Waals surface area contributed by atoms with Crippen LogP contribution >= 0.6 is 11.6 Å². The number of hydrogen-bond acceptors (Lipinski definition) is 3. The Balaban J connectivity index is 2.69. The standard InChI is InChI=1S/C12H15ClFNO3/c1-8(12(17)15(2)5-6-16)18-11-4-3-9(14)7-10(11)13/h3-4,7-8,16H,5-6H2,1-2H3. The summed E-state index contributed by atoms with van der Waals surface area (Å²) in [5.74, 6) is -0.510. The Morgan fingerprint density at radius 3 is 2.83 bits per heavy atom. The van der Waals surface area contributed by atoms with Crippen molar-refractivity contribution in [2.75, 3.05) is 20.2 Å². The van der Waals surface area contributed by atoms with Crippen LogP contribution in [-0.4, -0.2) is 42.2 Å². The van der Waals surface area contributed by atoms with Crippen LogP contribution in [0.2, 0.25) is 5.02 Å². The van der Waals surface area contributed by atoms with E-state index in [2.05, 4.69) is 0 Å². The van der Waals surface area contributed by atoms with Gasteiger partial charge in [0.2, 0.25) is 0 Å². The predicted octanol–water partition coefficient (Wildman–Crippen LogP) is 1.70. The molecule has 0 radical (unpaired) electrons. The Morgan fingerprint density at radius 2 is 2.28 bits per heavy atom. The lowest BCUT2D eigenvalue weighted by Crippen LogP contribution is -2.39. The van der Waals surface area contributed by atoms with E-state index in [4.69, 9.17) is 21.4 Å². The van der Waals surface area contributed by atoms with Crippen LogP contribution in [0.5, 0.6) is 5.75 Å². The fourth-order valence-electron chi connectivity index (χ4n) is 1.38. The topological polar surface area (TPSA) is 49.8 Å². The van der Waals surface area contributed by atoms with Crippen LogP contribution in [0.3, 0.4) is 0 Å². The molecule has 0 aromatic heterocycles. The molecular formula is C12H15ClFNO3. The molecule has 1 N–H and O–H groups in total. The number of aliphatic hydroxyl groups excluding tert-OH is 1. The van der Waals surface area contributed by atoms with Crippen molar-refractivity contribution in [1.82, 2.24) is 4.90 Å². The van der Waals surface area contributed by atoms with E-state index in [0.29, 0.717) is 0 Å². The number of carbonyl (C=O) groups is 1. The third-order valence-electron chi connectivity index (χ3n) is 2.36. The largest absolute Gasteiger partial charge is 0.479 e. The van der Waals surface area contributed by atoms with Gasteiger partial charge >= 0.3 is 0 Å². The fourth-order valence-corrected chi connectivity index (χ4v) is 1.59. The first-order chi connectivity index (χ1) is 8.45. The maximum absolute atomic E-state index is 12.8. The lowest BCUT2D eigenvalue weighted by atomic mass is 10.3. The zero-order valence-corrected chi connectivity index (χ0v) is 10.9. The summed E-state index contributed by atoms with van der Waals surface area (Å²) in [4.78, 5) is 13.1. The molecule has 0 saturated carbocycles. The van der Waals surface area contributed by atoms with E-state index in [1.54, 1.807) is 14.0 Å². The van der Waals surface area contributed by atoms with Gasteiger partial charge in [-0.2, -0.15) is 0 Å². The van der Waals surface area contributed by atoms with Gasteiger partial charge in [0.1, 0.15) is 11.6 Å². The van der Waals surface area contributed by atoms with Gasteiger partial charge in [-0.15, -0.1) is 0 Å². The third kappa shape index (κ3) is 3.85. The molecule has 6 heteroatoms. The zero-order valence-electron chi connectivity index (χ0n) is 10.2. The van der Waals surface area contributed by atoms with Crippen molar-refractivity contribution in [3.63, 3.8) is 0 Å². The summed E-state index contributed by atoms with van der Waals surface area (Å²) in [7, 11) is 1.56. The Labute approximate surface area is 110 Å². The molecule has 0 aliphatic heterocycles. The molecule has 0 aliphatic carbocycles. The van der Waals surface area contributed by atoms with Gasteiger partial charge in [-0.1, -0.05) is 11.6 Å². The average Bonchev–Trinajstić information content (AvgIpc) is 2.32. The average molecular weight is 276 g/mol. The molecule has 100 valence electrons. The highest BCUT2D eigenvalue weighted by molar-refractivity contribution is 6.32. The first-order valence-corrected chi connectivity index (χ1v) is 5.81. The molecular weight excluding hydrogens is 261 g/mol. The summed E-state index contributed by atoms with van der Waals surface area (Å²) in [6, 6.07) is 3.69. The van der Waals surface area contributed by atoms with Crippen LogP contribution in [0, 0.1) is 5.82 Å². The molecule has 4 nitrogen and oxygen atoms in total. The van der Waals surface area contributed by atoms with Gasteiger partial charge in [-0.05, 0) is 25.1 Å². The molecule has 1 atom stereocenters. The van der Waals surface area contributed by atoms with Gasteiger partial charge in [0.25, 0.3) is 5.91 Å². The molecule has 0 fully saturated rings. The fraction of sp³-hybridized carbons (Fsp3) is 0.417. The SMILES string of the molecule is CC(Oc1ccc(F)cc1Cl)C(=O)N(C)CCO. The van der Waals surface area contributed by atoms with E-state index >= 15 is 0 Å². The van der Waals surface area contributed by atoms with E-state index in [9.17, 15) is 9.18 Å². The van der Waals surface area contributed by atoms with Gasteiger partial charge < -0.3 is 14.7 Å². The van der Waals surface area contributed by atoms with E-state index in [-0.39, 0.29) is 29.8 Å². The van der Waals surface area contributed by atoms with Crippen LogP contribution in [0.15, 0.2) is 18.2 Å². The summed E-state index contributed by atoms with van der Waals surface area (Å²) >= 11 is 5.79. The van der Waals surface area contributed by atoms with Crippen molar-refractivity contribution in [2.45, 2.75) is 13.0 Å². The Bertz CT molecular complexity index is 428. The summed E-state index contributed by atoms with van der Waals surface area (Å²) in [6.45, 7) is 1.67. The maximum Gasteiger partial charge on any atom is 0.263 e. The predicted molar refractivity (Wildman–Crippen MR) is 66.2 cm³/mol. The number of likely N-dealkylation sites (N-methyl/N-ethyl adjacent to an activating group) is 1. The second-order valence-corrected chi connectivity index (χ2v) is 4.23. The molecule has 0 heterocycles. The smallest absolute Gasteiger partial charge is 0.263 e. The summed E-state index contributed by atoms with van der Waals surface area (Å²) < 4.78 is 18.2. The number of rotatable bonds is 5. The van der Waals surface area contributed by atoms with Crippen molar-refractivity contribution >= 4 is 17.5 Å². The first kappa shape index (κ1) is 14.7. The molecule has 1 unspecified atom stereocenters. The third-order valence-corrected chi connectivity index (χ3v) is 2.65. The molecule has 0 saturated heterocycles. The summed E-state index contributed by atoms with van der Waals surface area (Å²) in [6.07, 6.45) is -0.760. The van der Waals surface area contributed by atoms with Crippen molar-refractivity contribution in [3.05, 3.63) is 29.0 Å². The molecule has 1 aromatic rings. The number of ether oxygens (including phenoxy) is 1. The van der Waals surface area contributed by atoms with E-state index in [1.165, 1.54) is 17.0 Å². The van der Waals surface area contributed by atoms with Crippen molar-refractivity contribution in [2.24, 2.45) is 0 Å². The Kier molecular flexibility index (Phi) is 5.37. The number of aliphatic hydroxyl groups is 1. The van der Waals surface area contributed by atoms with Crippen molar-refractivity contribution in [3.8, 4) is 5.75 Å². The Morgan fingerprint density at radius 1 is 1.61 bits per heavy atom. The first-order valence-electron chi connectivity index (χ1n) is 5.43. The number of carbonyl (C=O) groups excluding carboxylic acids is 1. The number of hydrogen-bond donors (Lipinski definition) is 1. The minimum atomic E-state index is -0.760. The molecule has 18 heavy (non-hydrogen) atoms. The highest BCUT2D eigenvalue weighted by atomic mass is 35.5. The summed E-state index contributed by atoms with van der Waals surface area (Å²) in [5, 5.41) is 8.84. The lowest BCUT2D eigenvalue weighted by molar-refractivity contribution is -0.137. The van der Waals surface area contributed by atoms with E-state index in [1.807, 2.05) is 0 Å². The monoisotopic (exact) mass is 275 g/mol. The van der Waals surface area contributed by atoms with E-state index < -0.39 is 11.9 Å². The quantitative estimate of drug-likeness (QED) is 0.890. The van der Waals surface area contributed by atoms with Crippen molar-refractivity contribution in [1.29, 1.82) is 0 Å². The molecule has 0 aliphatic rings. The van der Waals surface area contributed by atoms with Crippen LogP contribution in [0.25, 0.3) is 0 Å². The Hall–Kier alpha value is -1.33. The second-order valence-electron chi connectivity index (χ2n) is 3.82. The number of amides is 1. The zero-order chi connectivity index (χ0) is 13.7. The van der Waals surface area contributed by atoms with Crippen LogP contribution < -0.4 is 4.74 Å². The number of nitrogens with zero attached hydrogens (tertiary/aromatic N) is 1. The van der Waals surface area contributed by atoms with Gasteiger partial charge in [-0.25, -0.2) is 4.39 Å². The second kappa shape index (κ2) is 6.56. The molecule has 1 amide bonds. The minimum absolute atomic E-state index is 0.111. The lowest BCUT2D eigenvalue weighted by Gasteiger charge is -2.21. The summed E-state index contributed by atoms with van der Waals surface area (Å²) in [5.41, 5.74) is 0.